The van der Waals surface area contributed by atoms with Gasteiger partial charge in [0, 0.05) is 13.1 Å². The van der Waals surface area contributed by atoms with Crippen LogP contribution in [0.1, 0.15) is 19.3 Å². The summed E-state index contributed by atoms with van der Waals surface area (Å²) in [6.45, 7) is 2.90. The number of aliphatic hydroxyl groups is 1. The highest BCUT2D eigenvalue weighted by Gasteiger charge is 2.30. The fraction of sp³-hybridized carbons (Fsp3) is 1.00. The van der Waals surface area contributed by atoms with Crippen LogP contribution in [0, 0.1) is 0 Å². The second-order valence-corrected chi connectivity index (χ2v) is 3.57. The van der Waals surface area contributed by atoms with E-state index in [9.17, 15) is 0 Å². The minimum Gasteiger partial charge on any atom is -0.390 e. The number of nitrogens with zero attached hydrogens (tertiary/aromatic N) is 1. The zero-order valence-corrected chi connectivity index (χ0v) is 8.02. The molecule has 0 aromatic heterocycles. The molecule has 0 bridgehead atoms. The van der Waals surface area contributed by atoms with Crippen molar-refractivity contribution in [2.45, 2.75) is 31.5 Å². The van der Waals surface area contributed by atoms with E-state index in [-0.39, 0.29) is 18.5 Å². The smallest absolute Gasteiger partial charge is 0.0795 e. The van der Waals surface area contributed by atoms with Gasteiger partial charge >= 0.3 is 0 Å². The van der Waals surface area contributed by atoms with Gasteiger partial charge in [0.15, 0.2) is 0 Å². The van der Waals surface area contributed by atoms with Crippen LogP contribution in [0.25, 0.3) is 0 Å². The zero-order chi connectivity index (χ0) is 7.68. The zero-order valence-electron chi connectivity index (χ0n) is 7.20. The number of piperidine rings is 1. The molecule has 72 valence electrons. The molecule has 1 atom stereocenters. The van der Waals surface area contributed by atoms with Gasteiger partial charge in [-0.25, -0.2) is 0 Å². The number of rotatable bonds is 1. The molecule has 4 heteroatoms. The number of halogens is 1. The van der Waals surface area contributed by atoms with Crippen LogP contribution in [-0.2, 0) is 0 Å². The van der Waals surface area contributed by atoms with E-state index in [0.717, 1.165) is 19.6 Å². The van der Waals surface area contributed by atoms with E-state index in [1.54, 1.807) is 0 Å². The lowest BCUT2D eigenvalue weighted by Gasteiger charge is -2.43. The molecular weight excluding hydrogens is 176 g/mol. The quantitative estimate of drug-likeness (QED) is 0.623. The Kier molecular flexibility index (Phi) is 3.77. The summed E-state index contributed by atoms with van der Waals surface area (Å²) in [7, 11) is 0. The van der Waals surface area contributed by atoms with Gasteiger partial charge in [-0.3, -0.25) is 4.90 Å². The minimum atomic E-state index is -0.0567. The lowest BCUT2D eigenvalue weighted by Crippen LogP contribution is -2.60. The lowest BCUT2D eigenvalue weighted by molar-refractivity contribution is -0.0397. The summed E-state index contributed by atoms with van der Waals surface area (Å²) < 4.78 is 0. The third-order valence-corrected chi connectivity index (χ3v) is 2.62. The predicted molar refractivity (Wildman–Crippen MR) is 50.5 cm³/mol. The maximum Gasteiger partial charge on any atom is 0.0795 e. The first-order valence-electron chi connectivity index (χ1n) is 4.52. The van der Waals surface area contributed by atoms with Gasteiger partial charge in [0.1, 0.15) is 0 Å². The fourth-order valence-electron chi connectivity index (χ4n) is 1.89. The Balaban J connectivity index is 0.000000720. The van der Waals surface area contributed by atoms with Gasteiger partial charge < -0.3 is 10.4 Å². The van der Waals surface area contributed by atoms with Crippen molar-refractivity contribution in [2.75, 3.05) is 19.6 Å². The first-order valence-corrected chi connectivity index (χ1v) is 4.52. The maximum absolute atomic E-state index is 9.08. The Morgan fingerprint density at radius 1 is 1.25 bits per heavy atom. The lowest BCUT2D eigenvalue weighted by atomic mass is 10.0. The molecule has 0 amide bonds. The molecule has 2 saturated heterocycles. The molecule has 2 N–H and O–H groups in total. The SMILES string of the molecule is Cl.OC1CN([C@H]2CCCCN2)C1. The average Bonchev–Trinajstić information content (AvgIpc) is 2.01. The van der Waals surface area contributed by atoms with Gasteiger partial charge in [0.2, 0.25) is 0 Å². The normalized spacial score (nSPS) is 32.2. The Morgan fingerprint density at radius 2 is 2.00 bits per heavy atom. The predicted octanol–water partition coefficient (Wildman–Crippen LogP) is 0.184. The molecule has 3 nitrogen and oxygen atoms in total. The average molecular weight is 193 g/mol. The molecule has 0 aromatic rings. The van der Waals surface area contributed by atoms with E-state index in [0.29, 0.717) is 6.17 Å². The van der Waals surface area contributed by atoms with Gasteiger partial charge in [0.25, 0.3) is 0 Å². The van der Waals surface area contributed by atoms with Crippen molar-refractivity contribution in [3.8, 4) is 0 Å². The van der Waals surface area contributed by atoms with E-state index in [4.69, 9.17) is 5.11 Å². The molecule has 0 radical (unpaired) electrons. The van der Waals surface area contributed by atoms with Crippen LogP contribution >= 0.6 is 12.4 Å². The summed E-state index contributed by atoms with van der Waals surface area (Å²) in [4.78, 5) is 2.32. The Labute approximate surface area is 79.5 Å². The van der Waals surface area contributed by atoms with Crippen molar-refractivity contribution in [3.05, 3.63) is 0 Å². The van der Waals surface area contributed by atoms with Gasteiger partial charge in [-0.2, -0.15) is 0 Å². The molecule has 0 aliphatic carbocycles. The third kappa shape index (κ3) is 2.10. The van der Waals surface area contributed by atoms with Crippen molar-refractivity contribution >= 4 is 12.4 Å². The van der Waals surface area contributed by atoms with E-state index >= 15 is 0 Å². The summed E-state index contributed by atoms with van der Waals surface area (Å²) in [6, 6.07) is 0. The summed E-state index contributed by atoms with van der Waals surface area (Å²) in [6.07, 6.45) is 4.41. The van der Waals surface area contributed by atoms with Crippen LogP contribution in [0.4, 0.5) is 0 Å². The molecule has 2 fully saturated rings. The Morgan fingerprint density at radius 3 is 2.50 bits per heavy atom. The third-order valence-electron chi connectivity index (χ3n) is 2.62. The number of aliphatic hydroxyl groups excluding tert-OH is 1. The number of hydrogen-bond donors (Lipinski definition) is 2. The molecule has 0 saturated carbocycles. The van der Waals surface area contributed by atoms with Gasteiger partial charge in [-0.05, 0) is 25.8 Å². The number of β-amino-alcohol motifs (C(OH)–C–C–N with tert-alkyl or cyclic N) is 1. The van der Waals surface area contributed by atoms with Crippen molar-refractivity contribution in [3.63, 3.8) is 0 Å². The van der Waals surface area contributed by atoms with Crippen molar-refractivity contribution in [2.24, 2.45) is 0 Å². The second kappa shape index (κ2) is 4.42. The largest absolute Gasteiger partial charge is 0.390 e. The van der Waals surface area contributed by atoms with E-state index in [2.05, 4.69) is 10.2 Å². The molecule has 2 heterocycles. The number of hydrogen-bond acceptors (Lipinski definition) is 3. The van der Waals surface area contributed by atoms with E-state index < -0.39 is 0 Å². The van der Waals surface area contributed by atoms with Crippen LogP contribution in [0.2, 0.25) is 0 Å². The van der Waals surface area contributed by atoms with Gasteiger partial charge in [0.05, 0.1) is 12.3 Å². The monoisotopic (exact) mass is 192 g/mol. The highest BCUT2D eigenvalue weighted by molar-refractivity contribution is 5.85. The molecule has 2 aliphatic rings. The first-order chi connectivity index (χ1) is 5.36. The molecule has 0 spiro atoms. The Hall–Kier alpha value is 0.170. The van der Waals surface area contributed by atoms with E-state index in [1.165, 1.54) is 19.3 Å². The number of nitrogens with one attached hydrogen (secondary N) is 1. The summed E-state index contributed by atoms with van der Waals surface area (Å²) in [5.74, 6) is 0. The minimum absolute atomic E-state index is 0. The fourth-order valence-corrected chi connectivity index (χ4v) is 1.89. The topological polar surface area (TPSA) is 35.5 Å². The van der Waals surface area contributed by atoms with Crippen LogP contribution in [0.3, 0.4) is 0 Å². The van der Waals surface area contributed by atoms with Crippen LogP contribution in [-0.4, -0.2) is 41.9 Å². The Bertz CT molecular complexity index is 133. The molecule has 0 aromatic carbocycles. The summed E-state index contributed by atoms with van der Waals surface area (Å²) >= 11 is 0. The van der Waals surface area contributed by atoms with Crippen molar-refractivity contribution in [1.29, 1.82) is 0 Å². The maximum atomic E-state index is 9.08. The molecule has 2 rings (SSSR count). The summed E-state index contributed by atoms with van der Waals surface area (Å²) in [5, 5.41) is 12.5. The molecule has 2 aliphatic heterocycles. The first kappa shape index (κ1) is 10.3. The van der Waals surface area contributed by atoms with Gasteiger partial charge in [-0.1, -0.05) is 0 Å². The van der Waals surface area contributed by atoms with Crippen molar-refractivity contribution in [1.82, 2.24) is 10.2 Å². The van der Waals surface area contributed by atoms with Crippen LogP contribution in [0.15, 0.2) is 0 Å². The molecule has 12 heavy (non-hydrogen) atoms. The highest BCUT2D eigenvalue weighted by atomic mass is 35.5. The molecular formula is C8H17ClN2O. The van der Waals surface area contributed by atoms with E-state index in [1.807, 2.05) is 0 Å². The molecule has 0 unspecified atom stereocenters. The summed E-state index contributed by atoms with van der Waals surface area (Å²) in [5.41, 5.74) is 0. The van der Waals surface area contributed by atoms with Crippen LogP contribution < -0.4 is 5.32 Å². The number of likely N-dealkylation sites (tertiary alicyclic amines) is 1. The van der Waals surface area contributed by atoms with Crippen molar-refractivity contribution < 1.29 is 5.11 Å². The second-order valence-electron chi connectivity index (χ2n) is 3.57. The van der Waals surface area contributed by atoms with Crippen LogP contribution in [0.5, 0.6) is 0 Å². The highest BCUT2D eigenvalue weighted by Crippen LogP contribution is 2.17. The van der Waals surface area contributed by atoms with Gasteiger partial charge in [-0.15, -0.1) is 12.4 Å². The standard InChI is InChI=1S/C8H16N2O.ClH/c11-7-5-10(6-7)8-3-1-2-4-9-8;/h7-9,11H,1-6H2;1H/t8-;/m0./s1.